The summed E-state index contributed by atoms with van der Waals surface area (Å²) in [4.78, 5) is 0. The average molecular weight is 255 g/mol. The Labute approximate surface area is 107 Å². The molecular formula is C14H16ClFO. The number of hydrogen-bond donors (Lipinski definition) is 0. The topological polar surface area (TPSA) is 9.23 Å². The lowest BCUT2D eigenvalue weighted by molar-refractivity contribution is 0.291. The Balaban J connectivity index is 2.63. The van der Waals surface area contributed by atoms with Crippen molar-refractivity contribution in [1.82, 2.24) is 0 Å². The van der Waals surface area contributed by atoms with Crippen molar-refractivity contribution in [2.24, 2.45) is 0 Å². The monoisotopic (exact) mass is 254 g/mol. The van der Waals surface area contributed by atoms with Crippen LogP contribution in [0, 0.1) is 17.7 Å². The fraction of sp³-hybridized carbons (Fsp3) is 0.429. The summed E-state index contributed by atoms with van der Waals surface area (Å²) in [6.07, 6.45) is 3.15. The number of benzene rings is 1. The van der Waals surface area contributed by atoms with Crippen LogP contribution >= 0.6 is 11.6 Å². The molecule has 0 amide bonds. The molecule has 0 unspecified atom stereocenters. The summed E-state index contributed by atoms with van der Waals surface area (Å²) in [6, 6.07) is 4.60. The van der Waals surface area contributed by atoms with Crippen molar-refractivity contribution in [3.8, 4) is 17.6 Å². The minimum absolute atomic E-state index is 0.266. The van der Waals surface area contributed by atoms with Crippen LogP contribution in [0.1, 0.15) is 31.7 Å². The van der Waals surface area contributed by atoms with E-state index in [1.807, 2.05) is 0 Å². The third kappa shape index (κ3) is 5.10. The van der Waals surface area contributed by atoms with Gasteiger partial charge < -0.3 is 4.74 Å². The van der Waals surface area contributed by atoms with Crippen molar-refractivity contribution in [1.29, 1.82) is 0 Å². The second kappa shape index (κ2) is 7.97. The van der Waals surface area contributed by atoms with Crippen LogP contribution in [0.25, 0.3) is 0 Å². The number of ether oxygens (including phenoxy) is 1. The smallest absolute Gasteiger partial charge is 0.165 e. The zero-order valence-electron chi connectivity index (χ0n) is 9.93. The quantitative estimate of drug-likeness (QED) is 0.439. The van der Waals surface area contributed by atoms with E-state index in [0.717, 1.165) is 24.8 Å². The summed E-state index contributed by atoms with van der Waals surface area (Å²) in [6.45, 7) is 2.65. The molecule has 0 atom stereocenters. The molecule has 0 aromatic heterocycles. The Morgan fingerprint density at radius 1 is 1.35 bits per heavy atom. The van der Waals surface area contributed by atoms with E-state index in [9.17, 15) is 4.39 Å². The normalized spacial score (nSPS) is 9.59. The van der Waals surface area contributed by atoms with E-state index >= 15 is 0 Å². The number of alkyl halides is 1. The van der Waals surface area contributed by atoms with Crippen molar-refractivity contribution in [3.63, 3.8) is 0 Å². The molecule has 92 valence electrons. The molecule has 0 aliphatic rings. The summed E-state index contributed by atoms with van der Waals surface area (Å²) in [7, 11) is 0. The summed E-state index contributed by atoms with van der Waals surface area (Å²) in [5.74, 6) is 5.74. The summed E-state index contributed by atoms with van der Waals surface area (Å²) in [5, 5.41) is 0. The number of halogens is 2. The van der Waals surface area contributed by atoms with Crippen molar-refractivity contribution in [3.05, 3.63) is 29.6 Å². The first-order valence-corrected chi connectivity index (χ1v) is 6.28. The van der Waals surface area contributed by atoms with E-state index in [1.54, 1.807) is 12.1 Å². The van der Waals surface area contributed by atoms with Gasteiger partial charge in [-0.25, -0.2) is 4.39 Å². The molecule has 0 saturated heterocycles. The Kier molecular flexibility index (Phi) is 6.50. The Morgan fingerprint density at radius 2 is 2.18 bits per heavy atom. The minimum Gasteiger partial charge on any atom is -0.490 e. The summed E-state index contributed by atoms with van der Waals surface area (Å²) in [5.41, 5.74) is 0.720. The van der Waals surface area contributed by atoms with Crippen LogP contribution in [0.2, 0.25) is 0 Å². The van der Waals surface area contributed by atoms with Crippen LogP contribution in [0.15, 0.2) is 18.2 Å². The number of unbranched alkanes of at least 4 members (excludes halogenated alkanes) is 2. The van der Waals surface area contributed by atoms with Crippen molar-refractivity contribution >= 4 is 11.6 Å². The first-order valence-electron chi connectivity index (χ1n) is 5.75. The maximum atomic E-state index is 13.4. The zero-order valence-corrected chi connectivity index (χ0v) is 10.7. The highest BCUT2D eigenvalue weighted by molar-refractivity contribution is 6.19. The zero-order chi connectivity index (χ0) is 12.5. The molecule has 0 aliphatic carbocycles. The van der Waals surface area contributed by atoms with Crippen LogP contribution in [-0.2, 0) is 0 Å². The van der Waals surface area contributed by atoms with Crippen molar-refractivity contribution in [2.75, 3.05) is 12.5 Å². The second-order valence-electron chi connectivity index (χ2n) is 3.64. The lowest BCUT2D eigenvalue weighted by Crippen LogP contribution is -1.99. The maximum Gasteiger partial charge on any atom is 0.165 e. The standard InChI is InChI=1S/C14H16ClFO/c1-2-3-4-10-17-14-11-12(6-5-9-15)7-8-13(14)16/h7-8,11H,2-4,9-10H2,1H3. The molecule has 3 heteroatoms. The third-order valence-electron chi connectivity index (χ3n) is 2.24. The van der Waals surface area contributed by atoms with E-state index in [0.29, 0.717) is 6.61 Å². The molecule has 0 bridgehead atoms. The van der Waals surface area contributed by atoms with Gasteiger partial charge in [-0.3, -0.25) is 0 Å². The predicted molar refractivity (Wildman–Crippen MR) is 69.0 cm³/mol. The van der Waals surface area contributed by atoms with Crippen molar-refractivity contribution in [2.45, 2.75) is 26.2 Å². The van der Waals surface area contributed by atoms with Gasteiger partial charge >= 0.3 is 0 Å². The van der Waals surface area contributed by atoms with Crippen LogP contribution in [0.4, 0.5) is 4.39 Å². The van der Waals surface area contributed by atoms with Gasteiger partial charge in [0.2, 0.25) is 0 Å². The van der Waals surface area contributed by atoms with E-state index in [1.165, 1.54) is 6.07 Å². The highest BCUT2D eigenvalue weighted by Crippen LogP contribution is 2.18. The largest absolute Gasteiger partial charge is 0.490 e. The Morgan fingerprint density at radius 3 is 2.88 bits per heavy atom. The summed E-state index contributed by atoms with van der Waals surface area (Å²) >= 11 is 5.46. The molecule has 0 heterocycles. The first-order chi connectivity index (χ1) is 8.27. The molecule has 1 nitrogen and oxygen atoms in total. The van der Waals surface area contributed by atoms with Crippen molar-refractivity contribution < 1.29 is 9.13 Å². The van der Waals surface area contributed by atoms with Crippen LogP contribution in [0.5, 0.6) is 5.75 Å². The molecule has 0 saturated carbocycles. The molecule has 1 aromatic carbocycles. The highest BCUT2D eigenvalue weighted by Gasteiger charge is 2.03. The molecular weight excluding hydrogens is 239 g/mol. The molecule has 1 rings (SSSR count). The molecule has 17 heavy (non-hydrogen) atoms. The predicted octanol–water partition coefficient (Wildman–Crippen LogP) is 3.99. The average Bonchev–Trinajstić information content (AvgIpc) is 2.35. The van der Waals surface area contributed by atoms with Gasteiger partial charge in [0.25, 0.3) is 0 Å². The van der Waals surface area contributed by atoms with Crippen LogP contribution in [0.3, 0.4) is 0 Å². The molecule has 0 fully saturated rings. The number of rotatable bonds is 5. The van der Waals surface area contributed by atoms with Gasteiger partial charge in [0.15, 0.2) is 11.6 Å². The lowest BCUT2D eigenvalue weighted by Gasteiger charge is -2.07. The molecule has 0 N–H and O–H groups in total. The van der Waals surface area contributed by atoms with Crippen LogP contribution in [-0.4, -0.2) is 12.5 Å². The lowest BCUT2D eigenvalue weighted by atomic mass is 10.2. The van der Waals surface area contributed by atoms with E-state index in [-0.39, 0.29) is 17.4 Å². The maximum absolute atomic E-state index is 13.4. The van der Waals surface area contributed by atoms with E-state index < -0.39 is 0 Å². The fourth-order valence-corrected chi connectivity index (χ4v) is 1.43. The molecule has 0 aliphatic heterocycles. The van der Waals surface area contributed by atoms with Gasteiger partial charge in [0.05, 0.1) is 12.5 Å². The minimum atomic E-state index is -0.349. The summed E-state index contributed by atoms with van der Waals surface area (Å²) < 4.78 is 18.8. The van der Waals surface area contributed by atoms with Gasteiger partial charge in [-0.15, -0.1) is 11.6 Å². The van der Waals surface area contributed by atoms with Gasteiger partial charge in [0.1, 0.15) is 0 Å². The Bertz CT molecular complexity index is 406. The first kappa shape index (κ1) is 13.9. The van der Waals surface area contributed by atoms with Gasteiger partial charge in [-0.2, -0.15) is 0 Å². The van der Waals surface area contributed by atoms with E-state index in [4.69, 9.17) is 16.3 Å². The molecule has 1 aromatic rings. The van der Waals surface area contributed by atoms with Gasteiger partial charge in [-0.1, -0.05) is 31.6 Å². The molecule has 0 radical (unpaired) electrons. The van der Waals surface area contributed by atoms with Crippen LogP contribution < -0.4 is 4.74 Å². The highest BCUT2D eigenvalue weighted by atomic mass is 35.5. The fourth-order valence-electron chi connectivity index (χ4n) is 1.36. The number of hydrogen-bond acceptors (Lipinski definition) is 1. The third-order valence-corrected chi connectivity index (χ3v) is 2.37. The SMILES string of the molecule is CCCCCOc1cc(C#CCCl)ccc1F. The second-order valence-corrected chi connectivity index (χ2v) is 3.90. The van der Waals surface area contributed by atoms with Gasteiger partial charge in [0, 0.05) is 5.56 Å². The molecule has 0 spiro atoms. The Hall–Kier alpha value is -1.20. The van der Waals surface area contributed by atoms with Gasteiger partial charge in [-0.05, 0) is 24.6 Å². The van der Waals surface area contributed by atoms with E-state index in [2.05, 4.69) is 18.8 Å².